The minimum atomic E-state index is -4.49. The van der Waals surface area contributed by atoms with Gasteiger partial charge in [-0.1, -0.05) is 12.1 Å². The Morgan fingerprint density at radius 1 is 1.32 bits per heavy atom. The number of alkyl halides is 3. The van der Waals surface area contributed by atoms with Crippen molar-refractivity contribution in [3.05, 3.63) is 24.3 Å². The number of sulfone groups is 1. The van der Waals surface area contributed by atoms with E-state index in [-0.39, 0.29) is 29.4 Å². The Balaban J connectivity index is 2.05. The number of amides is 1. The molecule has 1 atom stereocenters. The van der Waals surface area contributed by atoms with Crippen LogP contribution in [-0.4, -0.2) is 38.6 Å². The highest BCUT2D eigenvalue weighted by atomic mass is 32.2. The van der Waals surface area contributed by atoms with Crippen LogP contribution in [0.1, 0.15) is 6.42 Å². The number of benzene rings is 1. The summed E-state index contributed by atoms with van der Waals surface area (Å²) < 4.78 is 63.9. The fourth-order valence-electron chi connectivity index (χ4n) is 2.09. The Bertz CT molecular complexity index is 657. The minimum absolute atomic E-state index is 0.0582. The minimum Gasteiger partial charge on any atom is -0.482 e. The van der Waals surface area contributed by atoms with Gasteiger partial charge in [0.2, 0.25) is 5.91 Å². The monoisotopic (exact) mass is 337 g/mol. The standard InChI is InChI=1S/C13H14F3NO4S/c14-13(15,16)8-21-11-4-2-1-3-10(11)17-12(18)9-5-6-22(19,20)7-9/h1-4,9H,5-8H2,(H,17,18). The molecule has 1 amide bonds. The Morgan fingerprint density at radius 2 is 2.00 bits per heavy atom. The largest absolute Gasteiger partial charge is 0.482 e. The lowest BCUT2D eigenvalue weighted by Gasteiger charge is -2.15. The van der Waals surface area contributed by atoms with Gasteiger partial charge in [-0.05, 0) is 18.6 Å². The molecule has 1 N–H and O–H groups in total. The van der Waals surface area contributed by atoms with Crippen LogP contribution in [0.15, 0.2) is 24.3 Å². The molecule has 5 nitrogen and oxygen atoms in total. The molecule has 0 spiro atoms. The van der Waals surface area contributed by atoms with Gasteiger partial charge in [-0.3, -0.25) is 4.79 Å². The summed E-state index contributed by atoms with van der Waals surface area (Å²) in [5, 5.41) is 2.43. The molecule has 1 heterocycles. The normalized spacial score (nSPS) is 20.6. The Morgan fingerprint density at radius 3 is 2.59 bits per heavy atom. The van der Waals surface area contributed by atoms with Crippen LogP contribution in [0.2, 0.25) is 0 Å². The first-order chi connectivity index (χ1) is 10.2. The van der Waals surface area contributed by atoms with E-state index in [1.165, 1.54) is 24.3 Å². The van der Waals surface area contributed by atoms with Crippen molar-refractivity contribution in [3.8, 4) is 5.75 Å². The van der Waals surface area contributed by atoms with Gasteiger partial charge in [0, 0.05) is 0 Å². The second kappa shape index (κ2) is 6.15. The molecular weight excluding hydrogens is 323 g/mol. The molecule has 0 bridgehead atoms. The van der Waals surface area contributed by atoms with Crippen molar-refractivity contribution >= 4 is 21.4 Å². The topological polar surface area (TPSA) is 72.5 Å². The first-order valence-electron chi connectivity index (χ1n) is 6.46. The number of hydrogen-bond donors (Lipinski definition) is 1. The van der Waals surface area contributed by atoms with Gasteiger partial charge < -0.3 is 10.1 Å². The van der Waals surface area contributed by atoms with E-state index < -0.39 is 34.4 Å². The summed E-state index contributed by atoms with van der Waals surface area (Å²) in [6, 6.07) is 5.70. The molecule has 1 aromatic rings. The van der Waals surface area contributed by atoms with Gasteiger partial charge in [-0.15, -0.1) is 0 Å². The summed E-state index contributed by atoms with van der Waals surface area (Å²) in [5.74, 6) is -1.65. The molecule has 1 saturated heterocycles. The molecular formula is C13H14F3NO4S. The lowest BCUT2D eigenvalue weighted by molar-refractivity contribution is -0.153. The molecule has 22 heavy (non-hydrogen) atoms. The molecule has 122 valence electrons. The third-order valence-corrected chi connectivity index (χ3v) is 4.91. The number of para-hydroxylation sites is 2. The van der Waals surface area contributed by atoms with Crippen LogP contribution in [0, 0.1) is 5.92 Å². The maximum absolute atomic E-state index is 12.2. The Kier molecular flexibility index (Phi) is 4.64. The van der Waals surface area contributed by atoms with Crippen molar-refractivity contribution in [1.82, 2.24) is 0 Å². The lowest BCUT2D eigenvalue weighted by Crippen LogP contribution is -2.24. The van der Waals surface area contributed by atoms with E-state index in [2.05, 4.69) is 10.1 Å². The summed E-state index contributed by atoms with van der Waals surface area (Å²) in [7, 11) is -3.21. The van der Waals surface area contributed by atoms with Crippen LogP contribution in [0.4, 0.5) is 18.9 Å². The van der Waals surface area contributed by atoms with E-state index in [1.54, 1.807) is 0 Å². The second-order valence-electron chi connectivity index (χ2n) is 4.99. The molecule has 0 saturated carbocycles. The number of nitrogens with one attached hydrogen (secondary N) is 1. The second-order valence-corrected chi connectivity index (χ2v) is 7.22. The smallest absolute Gasteiger partial charge is 0.422 e. The van der Waals surface area contributed by atoms with Crippen molar-refractivity contribution in [3.63, 3.8) is 0 Å². The van der Waals surface area contributed by atoms with Crippen molar-refractivity contribution < 1.29 is 31.1 Å². The molecule has 0 radical (unpaired) electrons. The van der Waals surface area contributed by atoms with Gasteiger partial charge in [0.25, 0.3) is 0 Å². The number of anilines is 1. The highest BCUT2D eigenvalue weighted by Crippen LogP contribution is 2.28. The SMILES string of the molecule is O=C(Nc1ccccc1OCC(F)(F)F)C1CCS(=O)(=O)C1. The molecule has 1 fully saturated rings. The van der Waals surface area contributed by atoms with Crippen LogP contribution < -0.4 is 10.1 Å². The average Bonchev–Trinajstić information content (AvgIpc) is 2.77. The van der Waals surface area contributed by atoms with Gasteiger partial charge in [-0.2, -0.15) is 13.2 Å². The zero-order valence-corrected chi connectivity index (χ0v) is 12.2. The fourth-order valence-corrected chi connectivity index (χ4v) is 3.83. The Labute approximate surface area is 125 Å². The lowest BCUT2D eigenvalue weighted by atomic mass is 10.1. The van der Waals surface area contributed by atoms with Crippen LogP contribution in [0.3, 0.4) is 0 Å². The molecule has 0 aliphatic carbocycles. The number of ether oxygens (including phenoxy) is 1. The zero-order chi connectivity index (χ0) is 16.4. The predicted molar refractivity (Wildman–Crippen MR) is 73.4 cm³/mol. The molecule has 1 aliphatic heterocycles. The van der Waals surface area contributed by atoms with Gasteiger partial charge in [0.05, 0.1) is 23.1 Å². The molecule has 1 aromatic carbocycles. The van der Waals surface area contributed by atoms with Crippen LogP contribution in [0.5, 0.6) is 5.75 Å². The summed E-state index contributed by atoms with van der Waals surface area (Å²) in [6.45, 7) is -1.47. The number of carbonyl (C=O) groups is 1. The fraction of sp³-hybridized carbons (Fsp3) is 0.462. The number of rotatable bonds is 4. The van der Waals surface area contributed by atoms with E-state index in [1.807, 2.05) is 0 Å². The van der Waals surface area contributed by atoms with Crippen molar-refractivity contribution in [1.29, 1.82) is 0 Å². The molecule has 1 unspecified atom stereocenters. The summed E-state index contributed by atoms with van der Waals surface area (Å²) in [5.41, 5.74) is 0.0843. The van der Waals surface area contributed by atoms with E-state index in [0.29, 0.717) is 0 Å². The molecule has 0 aromatic heterocycles. The molecule has 2 rings (SSSR count). The highest BCUT2D eigenvalue weighted by molar-refractivity contribution is 7.91. The van der Waals surface area contributed by atoms with Gasteiger partial charge in [0.1, 0.15) is 5.75 Å². The van der Waals surface area contributed by atoms with Crippen LogP contribution >= 0.6 is 0 Å². The van der Waals surface area contributed by atoms with Crippen molar-refractivity contribution in [2.75, 3.05) is 23.4 Å². The predicted octanol–water partition coefficient (Wildman–Crippen LogP) is 2.00. The number of halogens is 3. The van der Waals surface area contributed by atoms with Crippen molar-refractivity contribution in [2.45, 2.75) is 12.6 Å². The first-order valence-corrected chi connectivity index (χ1v) is 8.28. The summed E-state index contributed by atoms with van der Waals surface area (Å²) in [6.07, 6.45) is -4.28. The summed E-state index contributed by atoms with van der Waals surface area (Å²) >= 11 is 0. The molecule has 9 heteroatoms. The van der Waals surface area contributed by atoms with Gasteiger partial charge in [-0.25, -0.2) is 8.42 Å². The zero-order valence-electron chi connectivity index (χ0n) is 11.4. The quantitative estimate of drug-likeness (QED) is 0.912. The van der Waals surface area contributed by atoms with Gasteiger partial charge >= 0.3 is 6.18 Å². The number of hydrogen-bond acceptors (Lipinski definition) is 4. The third kappa shape index (κ3) is 4.62. The first kappa shape index (κ1) is 16.6. The highest BCUT2D eigenvalue weighted by Gasteiger charge is 2.33. The van der Waals surface area contributed by atoms with E-state index in [9.17, 15) is 26.4 Å². The maximum Gasteiger partial charge on any atom is 0.422 e. The summed E-state index contributed by atoms with van der Waals surface area (Å²) in [4.78, 5) is 12.0. The Hall–Kier alpha value is -1.77. The van der Waals surface area contributed by atoms with Crippen LogP contribution in [0.25, 0.3) is 0 Å². The van der Waals surface area contributed by atoms with E-state index in [0.717, 1.165) is 0 Å². The average molecular weight is 337 g/mol. The van der Waals surface area contributed by atoms with Crippen LogP contribution in [-0.2, 0) is 14.6 Å². The third-order valence-electron chi connectivity index (χ3n) is 3.14. The van der Waals surface area contributed by atoms with Crippen molar-refractivity contribution in [2.24, 2.45) is 5.92 Å². The molecule has 1 aliphatic rings. The number of carbonyl (C=O) groups excluding carboxylic acids is 1. The van der Waals surface area contributed by atoms with Gasteiger partial charge in [0.15, 0.2) is 16.4 Å². The van der Waals surface area contributed by atoms with E-state index >= 15 is 0 Å². The van der Waals surface area contributed by atoms with E-state index in [4.69, 9.17) is 0 Å². The maximum atomic E-state index is 12.2.